The Morgan fingerprint density at radius 2 is 2.28 bits per heavy atom. The Balaban J connectivity index is 2.13. The summed E-state index contributed by atoms with van der Waals surface area (Å²) in [6, 6.07) is 8.30. The molecule has 1 aliphatic carbocycles. The fraction of sp³-hybridized carbons (Fsp3) is 0.375. The molecule has 96 valence electrons. The number of benzene rings is 1. The van der Waals surface area contributed by atoms with E-state index < -0.39 is 0 Å². The second kappa shape index (κ2) is 6.21. The fourth-order valence-electron chi connectivity index (χ4n) is 2.41. The highest BCUT2D eigenvalue weighted by Gasteiger charge is 2.10. The lowest BCUT2D eigenvalue weighted by atomic mass is 9.96. The lowest BCUT2D eigenvalue weighted by molar-refractivity contribution is 0.500. The van der Waals surface area contributed by atoms with Crippen LogP contribution in [0.3, 0.4) is 0 Å². The second-order valence-corrected chi connectivity index (χ2v) is 5.52. The SMILES string of the molecule is C[C@@H](N)CC1C=CC(c2cccc(Cl)c2)=CCC1. The average Bonchev–Trinajstić information content (AvgIpc) is 2.54. The number of hydrogen-bond donors (Lipinski definition) is 1. The number of allylic oxidation sites excluding steroid dienone is 4. The van der Waals surface area contributed by atoms with Gasteiger partial charge in [0.05, 0.1) is 0 Å². The molecule has 0 aromatic heterocycles. The van der Waals surface area contributed by atoms with Crippen molar-refractivity contribution >= 4 is 17.2 Å². The van der Waals surface area contributed by atoms with E-state index in [0.717, 1.165) is 17.9 Å². The minimum Gasteiger partial charge on any atom is -0.328 e. The molecule has 0 saturated carbocycles. The van der Waals surface area contributed by atoms with Crippen LogP contribution in [0.4, 0.5) is 0 Å². The van der Waals surface area contributed by atoms with E-state index in [9.17, 15) is 0 Å². The average molecular weight is 262 g/mol. The molecule has 0 spiro atoms. The molecule has 0 saturated heterocycles. The quantitative estimate of drug-likeness (QED) is 0.856. The van der Waals surface area contributed by atoms with E-state index >= 15 is 0 Å². The van der Waals surface area contributed by atoms with Gasteiger partial charge >= 0.3 is 0 Å². The predicted octanol–water partition coefficient (Wildman–Crippen LogP) is 4.43. The third-order valence-electron chi connectivity index (χ3n) is 3.28. The van der Waals surface area contributed by atoms with Crippen molar-refractivity contribution in [3.8, 4) is 0 Å². The largest absolute Gasteiger partial charge is 0.328 e. The molecule has 0 aliphatic heterocycles. The number of hydrogen-bond acceptors (Lipinski definition) is 1. The Morgan fingerprint density at radius 1 is 1.44 bits per heavy atom. The fourth-order valence-corrected chi connectivity index (χ4v) is 2.60. The summed E-state index contributed by atoms with van der Waals surface area (Å²) in [5, 5.41) is 0.790. The van der Waals surface area contributed by atoms with Crippen molar-refractivity contribution < 1.29 is 0 Å². The molecule has 2 atom stereocenters. The van der Waals surface area contributed by atoms with E-state index in [2.05, 4.69) is 31.2 Å². The van der Waals surface area contributed by atoms with Gasteiger partial charge in [-0.15, -0.1) is 0 Å². The van der Waals surface area contributed by atoms with Crippen molar-refractivity contribution in [2.75, 3.05) is 0 Å². The highest BCUT2D eigenvalue weighted by Crippen LogP contribution is 2.26. The summed E-state index contributed by atoms with van der Waals surface area (Å²) < 4.78 is 0. The summed E-state index contributed by atoms with van der Waals surface area (Å²) in [5.74, 6) is 0.595. The van der Waals surface area contributed by atoms with E-state index in [1.165, 1.54) is 17.6 Å². The van der Waals surface area contributed by atoms with Crippen LogP contribution in [0.15, 0.2) is 42.5 Å². The number of nitrogens with two attached hydrogens (primary N) is 1. The van der Waals surface area contributed by atoms with Crippen LogP contribution in [0.1, 0.15) is 31.7 Å². The van der Waals surface area contributed by atoms with E-state index in [1.807, 2.05) is 18.2 Å². The molecule has 1 aliphatic rings. The van der Waals surface area contributed by atoms with Gasteiger partial charge in [-0.25, -0.2) is 0 Å². The Labute approximate surface area is 114 Å². The minimum absolute atomic E-state index is 0.271. The molecule has 2 heteroatoms. The zero-order valence-electron chi connectivity index (χ0n) is 10.8. The first kappa shape index (κ1) is 13.4. The predicted molar refractivity (Wildman–Crippen MR) is 79.6 cm³/mol. The molecule has 0 bridgehead atoms. The smallest absolute Gasteiger partial charge is 0.0412 e. The minimum atomic E-state index is 0.271. The Hall–Kier alpha value is -1.05. The van der Waals surface area contributed by atoms with Gasteiger partial charge in [0.1, 0.15) is 0 Å². The molecular formula is C16H20ClN. The summed E-state index contributed by atoms with van der Waals surface area (Å²) in [4.78, 5) is 0. The lowest BCUT2D eigenvalue weighted by Crippen LogP contribution is -2.18. The molecule has 0 radical (unpaired) electrons. The van der Waals surface area contributed by atoms with Crippen molar-refractivity contribution in [3.05, 3.63) is 53.1 Å². The first-order valence-corrected chi connectivity index (χ1v) is 6.93. The van der Waals surface area contributed by atoms with Gasteiger partial charge in [-0.05, 0) is 55.4 Å². The maximum atomic E-state index is 6.03. The van der Waals surface area contributed by atoms with E-state index in [4.69, 9.17) is 17.3 Å². The van der Waals surface area contributed by atoms with Crippen molar-refractivity contribution in [1.29, 1.82) is 0 Å². The van der Waals surface area contributed by atoms with Gasteiger partial charge in [-0.2, -0.15) is 0 Å². The summed E-state index contributed by atoms with van der Waals surface area (Å²) in [7, 11) is 0. The third kappa shape index (κ3) is 3.72. The highest BCUT2D eigenvalue weighted by molar-refractivity contribution is 6.30. The van der Waals surface area contributed by atoms with Crippen LogP contribution >= 0.6 is 11.6 Å². The van der Waals surface area contributed by atoms with Crippen molar-refractivity contribution in [3.63, 3.8) is 0 Å². The van der Waals surface area contributed by atoms with Gasteiger partial charge < -0.3 is 5.73 Å². The Morgan fingerprint density at radius 3 is 3.00 bits per heavy atom. The third-order valence-corrected chi connectivity index (χ3v) is 3.52. The van der Waals surface area contributed by atoms with Crippen molar-refractivity contribution in [1.82, 2.24) is 0 Å². The van der Waals surface area contributed by atoms with E-state index in [0.29, 0.717) is 5.92 Å². The zero-order valence-corrected chi connectivity index (χ0v) is 11.5. The van der Waals surface area contributed by atoms with Crippen LogP contribution in [0.25, 0.3) is 5.57 Å². The first-order valence-electron chi connectivity index (χ1n) is 6.55. The van der Waals surface area contributed by atoms with Gasteiger partial charge in [0, 0.05) is 11.1 Å². The maximum Gasteiger partial charge on any atom is 0.0412 e. The second-order valence-electron chi connectivity index (χ2n) is 5.08. The van der Waals surface area contributed by atoms with E-state index in [-0.39, 0.29) is 6.04 Å². The van der Waals surface area contributed by atoms with Crippen molar-refractivity contribution in [2.45, 2.75) is 32.2 Å². The number of halogens is 1. The van der Waals surface area contributed by atoms with Gasteiger partial charge in [0.15, 0.2) is 0 Å². The Bertz CT molecular complexity index is 460. The molecule has 0 fully saturated rings. The summed E-state index contributed by atoms with van der Waals surface area (Å²) in [6.45, 7) is 2.07. The topological polar surface area (TPSA) is 26.0 Å². The van der Waals surface area contributed by atoms with Crippen molar-refractivity contribution in [2.24, 2.45) is 11.7 Å². The molecule has 0 heterocycles. The van der Waals surface area contributed by atoms with Crippen LogP contribution in [0, 0.1) is 5.92 Å². The highest BCUT2D eigenvalue weighted by atomic mass is 35.5. The van der Waals surface area contributed by atoms with Crippen LogP contribution in [0.2, 0.25) is 5.02 Å². The van der Waals surface area contributed by atoms with Gasteiger partial charge in [-0.1, -0.05) is 42.0 Å². The molecule has 1 unspecified atom stereocenters. The molecule has 18 heavy (non-hydrogen) atoms. The zero-order chi connectivity index (χ0) is 13.0. The van der Waals surface area contributed by atoms with Crippen LogP contribution in [0.5, 0.6) is 0 Å². The molecule has 0 amide bonds. The molecule has 2 rings (SSSR count). The molecule has 2 N–H and O–H groups in total. The van der Waals surface area contributed by atoms with Gasteiger partial charge in [0.2, 0.25) is 0 Å². The van der Waals surface area contributed by atoms with Crippen LogP contribution in [-0.4, -0.2) is 6.04 Å². The van der Waals surface area contributed by atoms with Crippen LogP contribution < -0.4 is 5.73 Å². The molecular weight excluding hydrogens is 242 g/mol. The summed E-state index contributed by atoms with van der Waals surface area (Å²) in [5.41, 5.74) is 8.33. The van der Waals surface area contributed by atoms with E-state index in [1.54, 1.807) is 0 Å². The van der Waals surface area contributed by atoms with Gasteiger partial charge in [0.25, 0.3) is 0 Å². The van der Waals surface area contributed by atoms with Gasteiger partial charge in [-0.3, -0.25) is 0 Å². The maximum absolute atomic E-state index is 6.03. The lowest BCUT2D eigenvalue weighted by Gasteiger charge is -2.12. The monoisotopic (exact) mass is 261 g/mol. The first-order chi connectivity index (χ1) is 8.65. The molecule has 1 aromatic rings. The normalized spacial score (nSPS) is 21.3. The molecule has 1 nitrogen and oxygen atoms in total. The molecule has 1 aromatic carbocycles. The standard InChI is InChI=1S/C16H20ClN/c1-12(18)10-13-4-2-5-14(9-8-13)15-6-3-7-16(17)11-15/h3,5-9,11-13H,2,4,10,18H2,1H3/t12-,13?/m1/s1. The summed E-state index contributed by atoms with van der Waals surface area (Å²) in [6.07, 6.45) is 10.2. The van der Waals surface area contributed by atoms with Crippen LogP contribution in [-0.2, 0) is 0 Å². The summed E-state index contributed by atoms with van der Waals surface area (Å²) >= 11 is 6.03. The number of rotatable bonds is 3. The Kier molecular flexibility index (Phi) is 4.62.